The van der Waals surface area contributed by atoms with Crippen molar-refractivity contribution in [3.05, 3.63) is 23.8 Å². The Morgan fingerprint density at radius 2 is 2.11 bits per heavy atom. The van der Waals surface area contributed by atoms with Crippen LogP contribution in [0, 0.1) is 0 Å². The van der Waals surface area contributed by atoms with Gasteiger partial charge >= 0.3 is 0 Å². The quantitative estimate of drug-likeness (QED) is 0.910. The number of ether oxygens (including phenoxy) is 1. The van der Waals surface area contributed by atoms with E-state index in [2.05, 4.69) is 50.9 Å². The van der Waals surface area contributed by atoms with Gasteiger partial charge in [0.2, 0.25) is 0 Å². The van der Waals surface area contributed by atoms with Gasteiger partial charge in [-0.1, -0.05) is 26.8 Å². The molecule has 2 rings (SSSR count). The Kier molecular flexibility index (Phi) is 4.04. The Labute approximate surface area is 116 Å². The predicted octanol–water partition coefficient (Wildman–Crippen LogP) is 2.92. The van der Waals surface area contributed by atoms with Crippen LogP contribution in [-0.4, -0.2) is 26.2 Å². The van der Waals surface area contributed by atoms with Gasteiger partial charge in [-0.3, -0.25) is 0 Å². The average Bonchev–Trinajstić information content (AvgIpc) is 2.37. The maximum Gasteiger partial charge on any atom is 0.142 e. The highest BCUT2D eigenvalue weighted by molar-refractivity contribution is 5.62. The number of hydrogen-bond acceptors (Lipinski definition) is 3. The van der Waals surface area contributed by atoms with Crippen molar-refractivity contribution in [1.82, 2.24) is 0 Å². The van der Waals surface area contributed by atoms with Crippen LogP contribution in [0.3, 0.4) is 0 Å². The Morgan fingerprint density at radius 3 is 2.74 bits per heavy atom. The van der Waals surface area contributed by atoms with Crippen molar-refractivity contribution in [3.63, 3.8) is 0 Å². The van der Waals surface area contributed by atoms with Crippen LogP contribution in [0.15, 0.2) is 18.2 Å². The highest BCUT2D eigenvalue weighted by Crippen LogP contribution is 2.37. The Bertz CT molecular complexity index is 437. The molecule has 3 nitrogen and oxygen atoms in total. The molecule has 0 fully saturated rings. The van der Waals surface area contributed by atoms with Crippen molar-refractivity contribution in [1.29, 1.82) is 0 Å². The fourth-order valence-corrected chi connectivity index (χ4v) is 2.51. The maximum atomic E-state index is 5.89. The van der Waals surface area contributed by atoms with Gasteiger partial charge in [-0.2, -0.15) is 0 Å². The minimum atomic E-state index is 0.167. The number of nitrogens with two attached hydrogens (primary N) is 1. The number of nitrogens with zero attached hydrogens (tertiary/aromatic N) is 1. The van der Waals surface area contributed by atoms with Crippen molar-refractivity contribution in [2.24, 2.45) is 5.73 Å². The van der Waals surface area contributed by atoms with Crippen molar-refractivity contribution in [2.75, 3.05) is 25.1 Å². The first-order valence-corrected chi connectivity index (χ1v) is 7.13. The van der Waals surface area contributed by atoms with Gasteiger partial charge in [-0.25, -0.2) is 0 Å². The summed E-state index contributed by atoms with van der Waals surface area (Å²) in [6, 6.07) is 6.98. The van der Waals surface area contributed by atoms with Crippen LogP contribution in [0.5, 0.6) is 5.75 Å². The Hall–Kier alpha value is -1.22. The smallest absolute Gasteiger partial charge is 0.142 e. The topological polar surface area (TPSA) is 38.5 Å². The molecule has 0 aliphatic carbocycles. The Balaban J connectivity index is 2.25. The third-order valence-corrected chi connectivity index (χ3v) is 3.93. The minimum absolute atomic E-state index is 0.167. The predicted molar refractivity (Wildman–Crippen MR) is 81.1 cm³/mol. The maximum absolute atomic E-state index is 5.89. The van der Waals surface area contributed by atoms with E-state index >= 15 is 0 Å². The van der Waals surface area contributed by atoms with E-state index in [-0.39, 0.29) is 5.41 Å². The summed E-state index contributed by atoms with van der Waals surface area (Å²) in [5.41, 5.74) is 8.33. The molecule has 0 aromatic heterocycles. The lowest BCUT2D eigenvalue weighted by atomic mass is 9.86. The average molecular weight is 262 g/mol. The van der Waals surface area contributed by atoms with Crippen molar-refractivity contribution >= 4 is 5.69 Å². The first-order valence-electron chi connectivity index (χ1n) is 7.13. The zero-order valence-electron chi connectivity index (χ0n) is 12.6. The summed E-state index contributed by atoms with van der Waals surface area (Å²) >= 11 is 0. The first-order chi connectivity index (χ1) is 8.93. The molecule has 0 saturated heterocycles. The minimum Gasteiger partial charge on any atom is -0.489 e. The molecule has 0 spiro atoms. The van der Waals surface area contributed by atoms with E-state index in [0.717, 1.165) is 31.7 Å². The summed E-state index contributed by atoms with van der Waals surface area (Å²) in [4.78, 5) is 2.35. The van der Waals surface area contributed by atoms with Crippen molar-refractivity contribution in [3.8, 4) is 5.75 Å². The van der Waals surface area contributed by atoms with E-state index in [1.165, 1.54) is 11.3 Å². The van der Waals surface area contributed by atoms with Gasteiger partial charge in [0, 0.05) is 7.05 Å². The molecule has 0 radical (unpaired) electrons. The highest BCUT2D eigenvalue weighted by atomic mass is 16.5. The van der Waals surface area contributed by atoms with Crippen molar-refractivity contribution < 1.29 is 4.74 Å². The first kappa shape index (κ1) is 14.2. The highest BCUT2D eigenvalue weighted by Gasteiger charge is 2.26. The second kappa shape index (κ2) is 5.41. The molecule has 0 amide bonds. The lowest BCUT2D eigenvalue weighted by Crippen LogP contribution is -2.40. The van der Waals surface area contributed by atoms with Gasteiger partial charge < -0.3 is 15.4 Å². The van der Waals surface area contributed by atoms with Crippen LogP contribution < -0.4 is 15.4 Å². The lowest BCUT2D eigenvalue weighted by molar-refractivity contribution is 0.258. The third kappa shape index (κ3) is 3.03. The number of likely N-dealkylation sites (N-methyl/N-ethyl adjacent to an activating group) is 1. The van der Waals surface area contributed by atoms with Crippen LogP contribution in [0.2, 0.25) is 0 Å². The molecule has 1 unspecified atom stereocenters. The van der Waals surface area contributed by atoms with E-state index in [1.54, 1.807) is 0 Å². The second-order valence-corrected chi connectivity index (χ2v) is 6.44. The number of benzene rings is 1. The second-order valence-electron chi connectivity index (χ2n) is 6.44. The summed E-state index contributed by atoms with van der Waals surface area (Å²) in [6.45, 7) is 8.23. The number of rotatable bonds is 3. The van der Waals surface area contributed by atoms with Crippen LogP contribution in [0.25, 0.3) is 0 Å². The molecule has 1 aliphatic rings. The molecule has 1 aromatic carbocycles. The summed E-state index contributed by atoms with van der Waals surface area (Å²) in [6.07, 6.45) is 2.14. The van der Waals surface area contributed by atoms with Gasteiger partial charge in [0.1, 0.15) is 12.4 Å². The molecule has 1 atom stereocenters. The molecule has 0 saturated carbocycles. The number of hydrogen-bond donors (Lipinski definition) is 1. The van der Waals surface area contributed by atoms with Gasteiger partial charge in [0.15, 0.2) is 0 Å². The van der Waals surface area contributed by atoms with E-state index in [0.29, 0.717) is 6.04 Å². The molecule has 2 N–H and O–H groups in total. The van der Waals surface area contributed by atoms with Crippen LogP contribution in [0.1, 0.15) is 39.2 Å². The van der Waals surface area contributed by atoms with Gasteiger partial charge in [0.25, 0.3) is 0 Å². The standard InChI is InChI=1S/C16H26N2O/c1-16(2,3)12-7-8-15-14(10-12)18(4)13(11-19-15)6-5-9-17/h7-8,10,13H,5-6,9,11,17H2,1-4H3. The molecule has 1 aliphatic heterocycles. The van der Waals surface area contributed by atoms with E-state index in [1.807, 2.05) is 0 Å². The molecule has 1 aromatic rings. The fourth-order valence-electron chi connectivity index (χ4n) is 2.51. The van der Waals surface area contributed by atoms with Gasteiger partial charge in [-0.15, -0.1) is 0 Å². The lowest BCUT2D eigenvalue weighted by Gasteiger charge is -2.37. The van der Waals surface area contributed by atoms with E-state index < -0.39 is 0 Å². The normalized spacial score (nSPS) is 19.0. The third-order valence-electron chi connectivity index (χ3n) is 3.93. The molecule has 3 heteroatoms. The van der Waals surface area contributed by atoms with E-state index in [9.17, 15) is 0 Å². The Morgan fingerprint density at radius 1 is 1.37 bits per heavy atom. The summed E-state index contributed by atoms with van der Waals surface area (Å²) in [7, 11) is 2.16. The zero-order valence-corrected chi connectivity index (χ0v) is 12.6. The molecule has 1 heterocycles. The van der Waals surface area contributed by atoms with Crippen LogP contribution >= 0.6 is 0 Å². The van der Waals surface area contributed by atoms with Gasteiger partial charge in [0.05, 0.1) is 11.7 Å². The number of anilines is 1. The summed E-state index contributed by atoms with van der Waals surface area (Å²) in [5, 5.41) is 0. The molecule has 0 bridgehead atoms. The number of fused-ring (bicyclic) bond motifs is 1. The fraction of sp³-hybridized carbons (Fsp3) is 0.625. The van der Waals surface area contributed by atoms with Gasteiger partial charge in [-0.05, 0) is 42.5 Å². The summed E-state index contributed by atoms with van der Waals surface area (Å²) in [5.74, 6) is 1.000. The molecular weight excluding hydrogens is 236 g/mol. The molecule has 19 heavy (non-hydrogen) atoms. The SMILES string of the molecule is CN1c2cc(C(C)(C)C)ccc2OCC1CCCN. The largest absolute Gasteiger partial charge is 0.489 e. The van der Waals surface area contributed by atoms with Crippen LogP contribution in [-0.2, 0) is 5.41 Å². The van der Waals surface area contributed by atoms with Crippen molar-refractivity contribution in [2.45, 2.75) is 45.1 Å². The monoisotopic (exact) mass is 262 g/mol. The zero-order chi connectivity index (χ0) is 14.0. The molecule has 106 valence electrons. The van der Waals surface area contributed by atoms with Crippen LogP contribution in [0.4, 0.5) is 5.69 Å². The molecular formula is C16H26N2O. The summed E-state index contributed by atoms with van der Waals surface area (Å²) < 4.78 is 5.89. The van der Waals surface area contributed by atoms with E-state index in [4.69, 9.17) is 10.5 Å².